The van der Waals surface area contributed by atoms with Gasteiger partial charge < -0.3 is 23.9 Å². The van der Waals surface area contributed by atoms with E-state index in [4.69, 9.17) is 18.9 Å². The van der Waals surface area contributed by atoms with Crippen LogP contribution in [0.15, 0.2) is 92.9 Å². The molecule has 0 spiro atoms. The number of nitrogens with zero attached hydrogens (tertiary/aromatic N) is 1. The molecule has 0 aliphatic carbocycles. The number of ether oxygens (including phenoxy) is 4. The fourth-order valence-electron chi connectivity index (χ4n) is 4.70. The fraction of sp³-hybridized carbons (Fsp3) is 0.147. The first-order valence-corrected chi connectivity index (χ1v) is 15.6. The number of hydrogen-bond donors (Lipinski definition) is 2. The molecule has 1 aromatic heterocycles. The van der Waals surface area contributed by atoms with E-state index in [1.807, 2.05) is 62.4 Å². The maximum Gasteiger partial charge on any atom is 0.343 e. The third-order valence-electron chi connectivity index (χ3n) is 6.68. The zero-order valence-corrected chi connectivity index (χ0v) is 27.8. The topological polar surface area (TPSA) is 111 Å². The lowest BCUT2D eigenvalue weighted by atomic mass is 10.0. The molecule has 11 heteroatoms. The molecule has 4 aromatic carbocycles. The highest BCUT2D eigenvalue weighted by Gasteiger charge is 2.21. The van der Waals surface area contributed by atoms with Gasteiger partial charge in [0.05, 0.1) is 36.6 Å². The van der Waals surface area contributed by atoms with Gasteiger partial charge in [0.1, 0.15) is 11.4 Å². The van der Waals surface area contributed by atoms with Crippen molar-refractivity contribution in [1.29, 1.82) is 0 Å². The molecule has 0 atom stereocenters. The molecule has 1 amide bonds. The van der Waals surface area contributed by atoms with Crippen molar-refractivity contribution in [1.82, 2.24) is 10.4 Å². The summed E-state index contributed by atoms with van der Waals surface area (Å²) in [5.74, 6) is 0.806. The minimum Gasteiger partial charge on any atom is -0.497 e. The van der Waals surface area contributed by atoms with E-state index in [9.17, 15) is 9.59 Å². The second-order valence-corrected chi connectivity index (χ2v) is 11.3. The summed E-state index contributed by atoms with van der Waals surface area (Å²) in [6.45, 7) is 4.58. The molecule has 5 aromatic rings. The van der Waals surface area contributed by atoms with Gasteiger partial charge in [0.25, 0.3) is 5.91 Å². The lowest BCUT2D eigenvalue weighted by Gasteiger charge is -2.13. The van der Waals surface area contributed by atoms with Crippen LogP contribution in [0.3, 0.4) is 0 Å². The van der Waals surface area contributed by atoms with Gasteiger partial charge in [0.15, 0.2) is 17.2 Å². The Kier molecular flexibility index (Phi) is 10.2. The minimum absolute atomic E-state index is 0.218. The summed E-state index contributed by atoms with van der Waals surface area (Å²) in [5.41, 5.74) is 6.01. The Balaban J connectivity index is 1.42. The Morgan fingerprint density at radius 3 is 2.40 bits per heavy atom. The van der Waals surface area contributed by atoms with Crippen molar-refractivity contribution in [2.45, 2.75) is 13.8 Å². The van der Waals surface area contributed by atoms with Gasteiger partial charge in [0.2, 0.25) is 0 Å². The van der Waals surface area contributed by atoms with E-state index < -0.39 is 11.9 Å². The molecular formula is C34H29Br2N3O6. The normalized spacial score (nSPS) is 11.0. The molecule has 0 aliphatic rings. The average Bonchev–Trinajstić information content (AvgIpc) is 3.43. The Bertz CT molecular complexity index is 1890. The van der Waals surface area contributed by atoms with Crippen molar-refractivity contribution in [3.8, 4) is 34.1 Å². The van der Waals surface area contributed by atoms with Crippen LogP contribution in [-0.2, 0) is 0 Å². The van der Waals surface area contributed by atoms with Gasteiger partial charge in [0, 0.05) is 26.5 Å². The lowest BCUT2D eigenvalue weighted by Crippen LogP contribution is -2.19. The number of benzene rings is 4. The number of hydrazone groups is 1. The number of amides is 1. The number of H-pyrrole nitrogens is 1. The molecule has 0 saturated heterocycles. The molecule has 2 N–H and O–H groups in total. The summed E-state index contributed by atoms with van der Waals surface area (Å²) in [4.78, 5) is 29.9. The van der Waals surface area contributed by atoms with E-state index in [0.717, 1.165) is 22.0 Å². The first-order chi connectivity index (χ1) is 21.8. The SMILES string of the molecule is CCOc1ccc(C(=O)Oc2c(Br)cc(Br)cc2C=NNC(=O)c2[nH]c3ccc(OC)cc3c2-c2ccccc2)cc1OCC. The second-order valence-electron chi connectivity index (χ2n) is 9.57. The van der Waals surface area contributed by atoms with Gasteiger partial charge in [-0.15, -0.1) is 0 Å². The van der Waals surface area contributed by atoms with Gasteiger partial charge in [-0.1, -0.05) is 46.3 Å². The van der Waals surface area contributed by atoms with E-state index in [1.54, 1.807) is 37.4 Å². The number of methoxy groups -OCH3 is 1. The van der Waals surface area contributed by atoms with Crippen LogP contribution in [0.25, 0.3) is 22.0 Å². The van der Waals surface area contributed by atoms with E-state index in [2.05, 4.69) is 47.4 Å². The highest BCUT2D eigenvalue weighted by molar-refractivity contribution is 9.11. The molecule has 0 bridgehead atoms. The molecule has 0 fully saturated rings. The molecular weight excluding hydrogens is 706 g/mol. The molecule has 230 valence electrons. The Morgan fingerprint density at radius 2 is 1.67 bits per heavy atom. The van der Waals surface area contributed by atoms with Gasteiger partial charge in [-0.2, -0.15) is 5.10 Å². The number of carbonyl (C=O) groups is 2. The van der Waals surface area contributed by atoms with E-state index >= 15 is 0 Å². The molecule has 5 rings (SSSR count). The van der Waals surface area contributed by atoms with E-state index in [1.165, 1.54) is 6.21 Å². The lowest BCUT2D eigenvalue weighted by molar-refractivity contribution is 0.0732. The number of hydrogen-bond acceptors (Lipinski definition) is 7. The van der Waals surface area contributed by atoms with E-state index in [-0.39, 0.29) is 11.3 Å². The maximum absolute atomic E-state index is 13.5. The third kappa shape index (κ3) is 7.21. The monoisotopic (exact) mass is 733 g/mol. The third-order valence-corrected chi connectivity index (χ3v) is 7.72. The number of aromatic nitrogens is 1. The van der Waals surface area contributed by atoms with Crippen LogP contribution >= 0.6 is 31.9 Å². The molecule has 0 unspecified atom stereocenters. The average molecular weight is 735 g/mol. The van der Waals surface area contributed by atoms with Gasteiger partial charge in [-0.3, -0.25) is 4.79 Å². The van der Waals surface area contributed by atoms with Crippen molar-refractivity contribution < 1.29 is 28.5 Å². The molecule has 0 saturated carbocycles. The number of halogens is 2. The van der Waals surface area contributed by atoms with Crippen molar-refractivity contribution >= 4 is 60.9 Å². The smallest absolute Gasteiger partial charge is 0.343 e. The van der Waals surface area contributed by atoms with Crippen LogP contribution in [0.4, 0.5) is 0 Å². The number of rotatable bonds is 11. The Labute approximate surface area is 276 Å². The van der Waals surface area contributed by atoms with Crippen molar-refractivity contribution in [3.63, 3.8) is 0 Å². The number of esters is 1. The van der Waals surface area contributed by atoms with Crippen LogP contribution in [0.5, 0.6) is 23.0 Å². The minimum atomic E-state index is -0.610. The largest absolute Gasteiger partial charge is 0.497 e. The number of fused-ring (bicyclic) bond motifs is 1. The number of carbonyl (C=O) groups excluding carboxylic acids is 2. The van der Waals surface area contributed by atoms with Gasteiger partial charge in [-0.25, -0.2) is 10.2 Å². The Morgan fingerprint density at radius 1 is 0.911 bits per heavy atom. The Hall–Kier alpha value is -4.61. The summed E-state index contributed by atoms with van der Waals surface area (Å²) >= 11 is 6.95. The molecule has 1 heterocycles. The second kappa shape index (κ2) is 14.4. The predicted molar refractivity (Wildman–Crippen MR) is 181 cm³/mol. The molecule has 45 heavy (non-hydrogen) atoms. The van der Waals surface area contributed by atoms with Crippen molar-refractivity contribution in [3.05, 3.63) is 105 Å². The summed E-state index contributed by atoms with van der Waals surface area (Å²) in [6.07, 6.45) is 1.41. The highest BCUT2D eigenvalue weighted by Crippen LogP contribution is 2.36. The van der Waals surface area contributed by atoms with Crippen LogP contribution in [0, 0.1) is 0 Å². The standard InChI is InChI=1S/C34H29Br2N3O6/c1-4-43-28-14-11-21(16-29(28)44-5-2)34(41)45-32-22(15-23(35)17-26(32)36)19-37-39-33(40)31-30(20-9-7-6-8-10-20)25-18-24(42-3)12-13-27(25)38-31/h6-19,38H,4-5H2,1-3H3,(H,39,40). The van der Waals surface area contributed by atoms with Crippen LogP contribution in [0.2, 0.25) is 0 Å². The summed E-state index contributed by atoms with van der Waals surface area (Å²) in [6, 6.07) is 23.5. The van der Waals surface area contributed by atoms with Crippen LogP contribution < -0.4 is 24.4 Å². The van der Waals surface area contributed by atoms with Gasteiger partial charge >= 0.3 is 5.97 Å². The van der Waals surface area contributed by atoms with Gasteiger partial charge in [-0.05, 0) is 83.9 Å². The first-order valence-electron chi connectivity index (χ1n) is 14.0. The maximum atomic E-state index is 13.5. The summed E-state index contributed by atoms with van der Waals surface area (Å²) < 4.78 is 23.7. The predicted octanol–water partition coefficient (Wildman–Crippen LogP) is 8.15. The molecule has 9 nitrogen and oxygen atoms in total. The number of aromatic amines is 1. The molecule has 0 radical (unpaired) electrons. The van der Waals surface area contributed by atoms with Crippen molar-refractivity contribution in [2.24, 2.45) is 5.10 Å². The first kappa shape index (κ1) is 31.8. The number of nitrogens with one attached hydrogen (secondary N) is 2. The summed E-state index contributed by atoms with van der Waals surface area (Å²) in [5, 5.41) is 5.05. The quantitative estimate of drug-likeness (QED) is 0.0614. The van der Waals surface area contributed by atoms with Crippen molar-refractivity contribution in [2.75, 3.05) is 20.3 Å². The van der Waals surface area contributed by atoms with E-state index in [0.29, 0.717) is 50.7 Å². The highest BCUT2D eigenvalue weighted by atomic mass is 79.9. The zero-order valence-electron chi connectivity index (χ0n) is 24.6. The van der Waals surface area contributed by atoms with Crippen LogP contribution in [-0.4, -0.2) is 43.4 Å². The zero-order chi connectivity index (χ0) is 31.9. The summed E-state index contributed by atoms with van der Waals surface area (Å²) in [7, 11) is 1.60. The molecule has 0 aliphatic heterocycles. The fourth-order valence-corrected chi connectivity index (χ4v) is 6.04. The van der Waals surface area contributed by atoms with Crippen LogP contribution in [0.1, 0.15) is 40.3 Å².